The first-order chi connectivity index (χ1) is 25.5. The number of ether oxygens (including phenoxy) is 2. The van der Waals surface area contributed by atoms with Crippen LogP contribution >= 0.6 is 0 Å². The Labute approximate surface area is 341 Å². The van der Waals surface area contributed by atoms with Crippen molar-refractivity contribution in [1.29, 1.82) is 0 Å². The molecule has 4 rings (SSSR count). The van der Waals surface area contributed by atoms with Gasteiger partial charge in [-0.2, -0.15) is 19.2 Å². The smallest absolute Gasteiger partial charge is 0.443 e. The molecule has 2 aliphatic heterocycles. The van der Waals surface area contributed by atoms with Gasteiger partial charge in [0.25, 0.3) is 0 Å². The molecule has 0 aromatic carbocycles. The van der Waals surface area contributed by atoms with Gasteiger partial charge in [0.05, 0.1) is 22.4 Å². The zero-order valence-corrected chi connectivity index (χ0v) is 36.4. The summed E-state index contributed by atoms with van der Waals surface area (Å²) in [5.74, 6) is 0. The van der Waals surface area contributed by atoms with Gasteiger partial charge in [0.1, 0.15) is 11.2 Å². The number of carbonyl (C=O) groups is 2. The van der Waals surface area contributed by atoms with Gasteiger partial charge in [0, 0.05) is 23.8 Å². The maximum absolute atomic E-state index is 12.2. The average molecular weight is 802 g/mol. The molecule has 0 N–H and O–H groups in total. The topological polar surface area (TPSA) is 168 Å². The fourth-order valence-electron chi connectivity index (χ4n) is 4.85. The molecule has 0 amide bonds. The molecule has 2 fully saturated rings. The minimum Gasteiger partial charge on any atom is -0.443 e. The van der Waals surface area contributed by atoms with E-state index in [4.69, 9.17) is 47.3 Å². The van der Waals surface area contributed by atoms with Crippen LogP contribution < -0.4 is 0 Å². The van der Waals surface area contributed by atoms with Crippen LogP contribution in [0.3, 0.4) is 0 Å². The van der Waals surface area contributed by atoms with Crippen molar-refractivity contribution in [3.05, 3.63) is 59.7 Å². The van der Waals surface area contributed by atoms with Crippen LogP contribution in [0.25, 0.3) is 0 Å². The van der Waals surface area contributed by atoms with Crippen LogP contribution in [0.1, 0.15) is 133 Å². The molecule has 0 saturated carbocycles. The maximum atomic E-state index is 12.2. The van der Waals surface area contributed by atoms with Crippen molar-refractivity contribution in [2.75, 3.05) is 0 Å². The second-order valence-electron chi connectivity index (χ2n) is 17.1. The molecule has 4 heterocycles. The normalized spacial score (nSPS) is 16.6. The van der Waals surface area contributed by atoms with Crippen molar-refractivity contribution in [3.8, 4) is 0 Å². The zero-order chi connectivity index (χ0) is 43.9. The average Bonchev–Trinajstić information content (AvgIpc) is 3.70. The number of hydrogen-bond acceptors (Lipinski definition) is 12. The third-order valence-corrected chi connectivity index (χ3v) is 9.37. The molecule has 0 atom stereocenters. The van der Waals surface area contributed by atoms with E-state index in [1.54, 1.807) is 17.0 Å². The fourth-order valence-corrected chi connectivity index (χ4v) is 4.85. The highest BCUT2D eigenvalue weighted by molar-refractivity contribution is 6.45. The molecule has 319 valence electrons. The summed E-state index contributed by atoms with van der Waals surface area (Å²) in [5.41, 5.74) is 2.19. The number of carbonyl (C=O) groups excluding carboxylic acids is 6. The third kappa shape index (κ3) is 18.0. The third-order valence-electron chi connectivity index (χ3n) is 9.37. The Morgan fingerprint density at radius 2 is 1.09 bits per heavy atom. The second kappa shape index (κ2) is 22.8. The highest BCUT2D eigenvalue weighted by Gasteiger charge is 2.50. The van der Waals surface area contributed by atoms with Gasteiger partial charge in [0.2, 0.25) is 0 Å². The van der Waals surface area contributed by atoms with E-state index in [0.717, 1.165) is 48.1 Å². The molecule has 2 saturated heterocycles. The molecule has 2 aromatic heterocycles. The van der Waals surface area contributed by atoms with Crippen LogP contribution in [-0.2, 0) is 60.1 Å². The number of aromatic nitrogens is 2. The molecule has 2 aliphatic rings. The fraction of sp³-hybridized carbons (Fsp3) is 0.659. The van der Waals surface area contributed by atoms with Crippen molar-refractivity contribution < 1.29 is 56.9 Å². The quantitative estimate of drug-likeness (QED) is 0.202. The lowest BCUT2D eigenvalue weighted by Crippen LogP contribution is -2.41. The zero-order valence-electron chi connectivity index (χ0n) is 36.4. The van der Waals surface area contributed by atoms with Gasteiger partial charge in [-0.3, -0.25) is 9.13 Å². The van der Waals surface area contributed by atoms with Crippen LogP contribution in [-0.4, -0.2) is 82.0 Å². The Morgan fingerprint density at radius 3 is 1.40 bits per heavy atom. The number of nitrogens with zero attached hydrogens (tertiary/aromatic N) is 2. The van der Waals surface area contributed by atoms with Crippen LogP contribution in [0, 0.1) is 13.8 Å². The van der Waals surface area contributed by atoms with Crippen LogP contribution in [0.5, 0.6) is 0 Å². The van der Waals surface area contributed by atoms with Crippen molar-refractivity contribution in [2.24, 2.45) is 0 Å². The van der Waals surface area contributed by atoms with E-state index in [1.807, 2.05) is 101 Å². The summed E-state index contributed by atoms with van der Waals surface area (Å²) < 4.78 is 36.3. The first kappa shape index (κ1) is 55.1. The second-order valence-corrected chi connectivity index (χ2v) is 17.1. The monoisotopic (exact) mass is 801 g/mol. The molecular formula is C41H67B2N2O12. The van der Waals surface area contributed by atoms with E-state index in [-0.39, 0.29) is 61.4 Å². The maximum Gasteiger partial charge on any atom is 0.488 e. The standard InChI is InChI=1S/C19H32BNO4.C13H19NO2.C6H12BO2.2CO2.CH4/c1-14-15(11-13-21(14)16(22)23-17(2,3)4)10-9-12-20-24-18(5,6)19(7,8)25-20;1-6-7-11-8-9-14(10(11)2)12(15)16-13(3,4)5;1-5(2)6(3,4)9-7-8-5;2*2-1-3;/h11,13H,9-10,12H2,1-8H3;6,8-9H,1,7H2,2-5H3;1-4H3;;;1H4. The van der Waals surface area contributed by atoms with E-state index in [0.29, 0.717) is 0 Å². The summed E-state index contributed by atoms with van der Waals surface area (Å²) in [5, 5.41) is 0. The van der Waals surface area contributed by atoms with E-state index in [1.165, 1.54) is 12.3 Å². The largest absolute Gasteiger partial charge is 0.488 e. The molecule has 2 aromatic rings. The molecule has 16 heteroatoms. The summed E-state index contributed by atoms with van der Waals surface area (Å²) in [7, 11) is 1.25. The molecule has 0 aliphatic carbocycles. The summed E-state index contributed by atoms with van der Waals surface area (Å²) in [6.45, 7) is 35.0. The van der Waals surface area contributed by atoms with Gasteiger partial charge in [-0.15, -0.1) is 6.58 Å². The molecular weight excluding hydrogens is 734 g/mol. The summed E-state index contributed by atoms with van der Waals surface area (Å²) in [6, 6.07) is 3.91. The van der Waals surface area contributed by atoms with Crippen molar-refractivity contribution in [1.82, 2.24) is 9.13 Å². The lowest BCUT2D eigenvalue weighted by molar-refractivity contribution is -0.193. The summed E-state index contributed by atoms with van der Waals surface area (Å²) in [4.78, 5) is 56.5. The van der Waals surface area contributed by atoms with Crippen molar-refractivity contribution >= 4 is 39.3 Å². The van der Waals surface area contributed by atoms with Gasteiger partial charge in [-0.25, -0.2) is 9.59 Å². The van der Waals surface area contributed by atoms with Gasteiger partial charge < -0.3 is 28.1 Å². The molecule has 14 nitrogen and oxygen atoms in total. The van der Waals surface area contributed by atoms with Gasteiger partial charge >= 0.3 is 39.3 Å². The summed E-state index contributed by atoms with van der Waals surface area (Å²) in [6.07, 6.45) is 8.60. The summed E-state index contributed by atoms with van der Waals surface area (Å²) >= 11 is 0. The molecule has 0 bridgehead atoms. The van der Waals surface area contributed by atoms with E-state index in [2.05, 4.69) is 34.3 Å². The molecule has 0 unspecified atom stereocenters. The van der Waals surface area contributed by atoms with Crippen LogP contribution in [0.15, 0.2) is 37.2 Å². The highest BCUT2D eigenvalue weighted by atomic mass is 16.7. The van der Waals surface area contributed by atoms with Crippen molar-refractivity contribution in [3.63, 3.8) is 0 Å². The Hall–Kier alpha value is -4.03. The first-order valence-electron chi connectivity index (χ1n) is 18.4. The first-order valence-corrected chi connectivity index (χ1v) is 18.4. The van der Waals surface area contributed by atoms with Gasteiger partial charge in [-0.05, 0) is 153 Å². The Morgan fingerprint density at radius 1 is 0.737 bits per heavy atom. The van der Waals surface area contributed by atoms with Crippen molar-refractivity contribution in [2.45, 2.75) is 177 Å². The Bertz CT molecular complexity index is 1610. The number of aryl methyl sites for hydroxylation is 1. The minimum atomic E-state index is -0.495. The van der Waals surface area contributed by atoms with Crippen LogP contribution in [0.4, 0.5) is 9.59 Å². The highest BCUT2D eigenvalue weighted by Crippen LogP contribution is 2.38. The predicted molar refractivity (Wildman–Crippen MR) is 218 cm³/mol. The number of rotatable bonds is 6. The Balaban J connectivity index is 0. The molecule has 1 radical (unpaired) electrons. The van der Waals surface area contributed by atoms with E-state index < -0.39 is 11.2 Å². The number of hydrogen-bond donors (Lipinski definition) is 0. The van der Waals surface area contributed by atoms with Crippen LogP contribution in [0.2, 0.25) is 6.32 Å². The lowest BCUT2D eigenvalue weighted by atomic mass is 9.82. The van der Waals surface area contributed by atoms with E-state index in [9.17, 15) is 9.59 Å². The lowest BCUT2D eigenvalue weighted by Gasteiger charge is -2.32. The minimum absolute atomic E-state index is 0. The van der Waals surface area contributed by atoms with Gasteiger partial charge in [0.15, 0.2) is 0 Å². The van der Waals surface area contributed by atoms with Gasteiger partial charge in [-0.1, -0.05) is 19.9 Å². The molecule has 57 heavy (non-hydrogen) atoms. The predicted octanol–water partition coefficient (Wildman–Crippen LogP) is 8.51. The number of allylic oxidation sites excluding steroid dienone is 1. The Kier molecular flexibility index (Phi) is 22.0. The van der Waals surface area contributed by atoms with E-state index >= 15 is 0 Å². The SMILES string of the molecule is C.C=CCc1ccn(C(=O)OC(C)(C)C)c1C.CC1(C)O[B]OC1(C)C.Cc1c(CCCB2OC(C)(C)C(C)(C)O2)ccn1C(=O)OC(C)(C)C.O=C=O.O=C=O. The molecule has 0 spiro atoms.